The van der Waals surface area contributed by atoms with E-state index in [1.165, 1.54) is 0 Å². The zero-order chi connectivity index (χ0) is 22.5. The smallest absolute Gasteiger partial charge is 0.326 e. The summed E-state index contributed by atoms with van der Waals surface area (Å²) in [6.45, 7) is 3.20. The predicted molar refractivity (Wildman–Crippen MR) is 121 cm³/mol. The molecule has 31 heavy (non-hydrogen) atoms. The van der Waals surface area contributed by atoms with Gasteiger partial charge in [-0.2, -0.15) is 0 Å². The van der Waals surface area contributed by atoms with Gasteiger partial charge in [0, 0.05) is 15.6 Å². The molecule has 0 aromatic heterocycles. The number of rotatable bonds is 7. The Bertz CT molecular complexity index is 1020. The first-order valence-corrected chi connectivity index (χ1v) is 10.9. The molecule has 1 fully saturated rings. The van der Waals surface area contributed by atoms with E-state index in [2.05, 4.69) is 0 Å². The van der Waals surface area contributed by atoms with Gasteiger partial charge >= 0.3 is 5.97 Å². The van der Waals surface area contributed by atoms with Crippen LogP contribution in [-0.2, 0) is 20.9 Å². The number of thioether (sulfide) groups is 1. The van der Waals surface area contributed by atoms with Crippen molar-refractivity contribution in [1.29, 1.82) is 0 Å². The summed E-state index contributed by atoms with van der Waals surface area (Å²) in [4.78, 5) is 37.5. The molecule has 0 N–H and O–H groups in total. The van der Waals surface area contributed by atoms with Crippen molar-refractivity contribution in [2.45, 2.75) is 26.6 Å². The quantitative estimate of drug-likeness (QED) is 0.382. The SMILES string of the molecule is CC(C)OC(=O)CN1C(=O)S/C(=C\c2ccc(OCc3c(Cl)cccc3Cl)cc2)C1=O. The van der Waals surface area contributed by atoms with Crippen molar-refractivity contribution < 1.29 is 23.9 Å². The molecule has 9 heteroatoms. The molecule has 3 rings (SSSR count). The second-order valence-electron chi connectivity index (χ2n) is 6.86. The molecule has 0 radical (unpaired) electrons. The largest absolute Gasteiger partial charge is 0.489 e. The van der Waals surface area contributed by atoms with Crippen LogP contribution >= 0.6 is 35.0 Å². The number of halogens is 2. The fourth-order valence-corrected chi connectivity index (χ4v) is 4.05. The van der Waals surface area contributed by atoms with Crippen molar-refractivity contribution in [3.63, 3.8) is 0 Å². The number of amides is 2. The number of hydrogen-bond acceptors (Lipinski definition) is 6. The lowest BCUT2D eigenvalue weighted by atomic mass is 10.2. The summed E-state index contributed by atoms with van der Waals surface area (Å²) in [7, 11) is 0. The molecule has 2 aromatic carbocycles. The number of hydrogen-bond donors (Lipinski definition) is 0. The molecule has 2 amide bonds. The van der Waals surface area contributed by atoms with Crippen molar-refractivity contribution in [2.75, 3.05) is 6.54 Å². The van der Waals surface area contributed by atoms with Crippen LogP contribution in [0.2, 0.25) is 10.0 Å². The van der Waals surface area contributed by atoms with Crippen molar-refractivity contribution in [2.24, 2.45) is 0 Å². The highest BCUT2D eigenvalue weighted by Gasteiger charge is 2.36. The van der Waals surface area contributed by atoms with E-state index in [1.807, 2.05) is 0 Å². The first kappa shape index (κ1) is 23.2. The second-order valence-corrected chi connectivity index (χ2v) is 8.67. The Hall–Kier alpha value is -2.48. The Labute approximate surface area is 194 Å². The molecule has 0 spiro atoms. The van der Waals surface area contributed by atoms with E-state index in [4.69, 9.17) is 32.7 Å². The van der Waals surface area contributed by atoms with Crippen molar-refractivity contribution in [3.05, 3.63) is 68.5 Å². The average molecular weight is 480 g/mol. The number of benzene rings is 2. The Morgan fingerprint density at radius 1 is 1.10 bits per heavy atom. The highest BCUT2D eigenvalue weighted by Crippen LogP contribution is 2.32. The Morgan fingerprint density at radius 3 is 2.35 bits per heavy atom. The number of imide groups is 1. The molecule has 1 aliphatic rings. The van der Waals surface area contributed by atoms with Crippen LogP contribution in [0.3, 0.4) is 0 Å². The molecular formula is C22H19Cl2NO5S. The van der Waals surface area contributed by atoms with Gasteiger partial charge in [0.05, 0.1) is 11.0 Å². The normalized spacial score (nSPS) is 15.1. The maximum Gasteiger partial charge on any atom is 0.326 e. The van der Waals surface area contributed by atoms with Gasteiger partial charge in [0.2, 0.25) is 0 Å². The van der Waals surface area contributed by atoms with Crippen LogP contribution < -0.4 is 4.74 Å². The van der Waals surface area contributed by atoms with Gasteiger partial charge < -0.3 is 9.47 Å². The first-order chi connectivity index (χ1) is 14.7. The molecule has 2 aromatic rings. The summed E-state index contributed by atoms with van der Waals surface area (Å²) in [5.41, 5.74) is 1.40. The van der Waals surface area contributed by atoms with Crippen LogP contribution in [0, 0.1) is 0 Å². The molecule has 0 saturated carbocycles. The summed E-state index contributed by atoms with van der Waals surface area (Å²) < 4.78 is 10.7. The molecule has 1 aliphatic heterocycles. The summed E-state index contributed by atoms with van der Waals surface area (Å²) >= 11 is 13.1. The van der Waals surface area contributed by atoms with E-state index in [9.17, 15) is 14.4 Å². The zero-order valence-electron chi connectivity index (χ0n) is 16.8. The van der Waals surface area contributed by atoms with Gasteiger partial charge in [-0.3, -0.25) is 19.3 Å². The van der Waals surface area contributed by atoms with Gasteiger partial charge in [0.15, 0.2) is 0 Å². The maximum absolute atomic E-state index is 12.5. The van der Waals surface area contributed by atoms with E-state index in [0.29, 0.717) is 26.9 Å². The third-order valence-electron chi connectivity index (χ3n) is 4.15. The van der Waals surface area contributed by atoms with Crippen molar-refractivity contribution in [1.82, 2.24) is 4.90 Å². The summed E-state index contributed by atoms with van der Waals surface area (Å²) in [5.74, 6) is -0.555. The fourth-order valence-electron chi connectivity index (χ4n) is 2.70. The highest BCUT2D eigenvalue weighted by atomic mass is 35.5. The Balaban J connectivity index is 1.64. The molecule has 6 nitrogen and oxygen atoms in total. The minimum Gasteiger partial charge on any atom is -0.489 e. The van der Waals surface area contributed by atoms with Crippen LogP contribution in [0.1, 0.15) is 25.0 Å². The lowest BCUT2D eigenvalue weighted by Gasteiger charge is -2.13. The first-order valence-electron chi connectivity index (χ1n) is 9.35. The summed E-state index contributed by atoms with van der Waals surface area (Å²) in [6, 6.07) is 12.2. The number of nitrogens with zero attached hydrogens (tertiary/aromatic N) is 1. The van der Waals surface area contributed by atoms with Gasteiger partial charge in [0.25, 0.3) is 11.1 Å². The number of carbonyl (C=O) groups excluding carboxylic acids is 3. The monoisotopic (exact) mass is 479 g/mol. The summed E-state index contributed by atoms with van der Waals surface area (Å²) in [6.07, 6.45) is 1.27. The maximum atomic E-state index is 12.5. The number of ether oxygens (including phenoxy) is 2. The lowest BCUT2D eigenvalue weighted by molar-refractivity contribution is -0.149. The van der Waals surface area contributed by atoms with Gasteiger partial charge in [0.1, 0.15) is 18.9 Å². The van der Waals surface area contributed by atoms with Crippen LogP contribution in [0.25, 0.3) is 6.08 Å². The zero-order valence-corrected chi connectivity index (χ0v) is 19.1. The molecule has 0 bridgehead atoms. The molecule has 0 aliphatic carbocycles. The minimum atomic E-state index is -0.626. The third-order valence-corrected chi connectivity index (χ3v) is 5.77. The molecule has 0 atom stereocenters. The van der Waals surface area contributed by atoms with Crippen LogP contribution in [0.15, 0.2) is 47.4 Å². The second kappa shape index (κ2) is 10.2. The molecule has 1 heterocycles. The van der Waals surface area contributed by atoms with E-state index >= 15 is 0 Å². The van der Waals surface area contributed by atoms with Crippen LogP contribution in [-0.4, -0.2) is 34.7 Å². The van der Waals surface area contributed by atoms with Crippen molar-refractivity contribution in [3.8, 4) is 5.75 Å². The lowest BCUT2D eigenvalue weighted by Crippen LogP contribution is -2.35. The molecule has 1 saturated heterocycles. The molecule has 0 unspecified atom stereocenters. The number of esters is 1. The number of carbonyl (C=O) groups is 3. The average Bonchev–Trinajstić information content (AvgIpc) is 2.95. The van der Waals surface area contributed by atoms with Crippen molar-refractivity contribution >= 4 is 58.2 Å². The molecule has 162 valence electrons. The highest BCUT2D eigenvalue weighted by molar-refractivity contribution is 8.18. The standard InChI is InChI=1S/C22H19Cl2NO5S/c1-13(2)30-20(26)11-25-21(27)19(31-22(25)28)10-14-6-8-15(9-7-14)29-12-16-17(23)4-3-5-18(16)24/h3-10,13H,11-12H2,1-2H3/b19-10-. The topological polar surface area (TPSA) is 72.9 Å². The Morgan fingerprint density at radius 2 is 1.74 bits per heavy atom. The molecular weight excluding hydrogens is 461 g/mol. The van der Waals surface area contributed by atoms with Gasteiger partial charge in [-0.05, 0) is 61.5 Å². The van der Waals surface area contributed by atoms with Crippen LogP contribution in [0.5, 0.6) is 5.75 Å². The van der Waals surface area contributed by atoms with Gasteiger partial charge in [-0.25, -0.2) is 0 Å². The third kappa shape index (κ3) is 6.03. The van der Waals surface area contributed by atoms with Gasteiger partial charge in [-0.15, -0.1) is 0 Å². The van der Waals surface area contributed by atoms with Gasteiger partial charge in [-0.1, -0.05) is 41.4 Å². The minimum absolute atomic E-state index is 0.212. The van der Waals surface area contributed by atoms with E-state index in [-0.39, 0.29) is 17.6 Å². The summed E-state index contributed by atoms with van der Waals surface area (Å²) in [5, 5.41) is 0.544. The Kier molecular flexibility index (Phi) is 7.64. The van der Waals surface area contributed by atoms with E-state index in [0.717, 1.165) is 16.7 Å². The van der Waals surface area contributed by atoms with E-state index < -0.39 is 23.7 Å². The predicted octanol–water partition coefficient (Wildman–Crippen LogP) is 5.56. The van der Waals surface area contributed by atoms with Crippen LogP contribution in [0.4, 0.5) is 4.79 Å². The fraction of sp³-hybridized carbons (Fsp3) is 0.227. The van der Waals surface area contributed by atoms with E-state index in [1.54, 1.807) is 62.4 Å².